The number of rotatable bonds is 2. The maximum Gasteiger partial charge on any atom is 0.361 e. The van der Waals surface area contributed by atoms with Crippen LogP contribution in [0, 0.1) is 0 Å². The van der Waals surface area contributed by atoms with Gasteiger partial charge in [-0.15, -0.1) is 11.3 Å². The number of nitrogens with two attached hydrogens (primary N) is 1. The molecule has 0 aromatic carbocycles. The van der Waals surface area contributed by atoms with E-state index in [9.17, 15) is 4.79 Å². The molecule has 0 fully saturated rings. The van der Waals surface area contributed by atoms with Crippen molar-refractivity contribution in [3.8, 4) is 0 Å². The second-order valence-corrected chi connectivity index (χ2v) is 2.69. The molecular formula is C5H5N3O3S. The van der Waals surface area contributed by atoms with E-state index in [4.69, 9.17) is 16.0 Å². The first-order valence-electron chi connectivity index (χ1n) is 2.82. The molecule has 64 valence electrons. The van der Waals surface area contributed by atoms with Crippen molar-refractivity contribution in [3.63, 3.8) is 0 Å². The van der Waals surface area contributed by atoms with E-state index in [0.717, 1.165) is 11.3 Å². The molecule has 0 saturated carbocycles. The van der Waals surface area contributed by atoms with Gasteiger partial charge in [0, 0.05) is 5.38 Å². The van der Waals surface area contributed by atoms with Crippen LogP contribution < -0.4 is 5.73 Å². The van der Waals surface area contributed by atoms with Crippen LogP contribution in [-0.2, 0) is 4.79 Å². The summed E-state index contributed by atoms with van der Waals surface area (Å²) >= 11 is 1.00. The van der Waals surface area contributed by atoms with Crippen molar-refractivity contribution in [2.75, 3.05) is 5.73 Å². The third kappa shape index (κ3) is 1.51. The molecule has 1 heterocycles. The van der Waals surface area contributed by atoms with E-state index in [1.807, 2.05) is 0 Å². The number of nitrogens with zero attached hydrogens (tertiary/aromatic N) is 2. The molecule has 4 N–H and O–H groups in total. The second-order valence-electron chi connectivity index (χ2n) is 1.83. The van der Waals surface area contributed by atoms with Crippen molar-refractivity contribution < 1.29 is 15.1 Å². The highest BCUT2D eigenvalue weighted by Gasteiger charge is 2.16. The lowest BCUT2D eigenvalue weighted by Gasteiger charge is -1.90. The normalized spacial score (nSPS) is 11.5. The van der Waals surface area contributed by atoms with E-state index in [0.29, 0.717) is 0 Å². The van der Waals surface area contributed by atoms with Crippen LogP contribution in [0.15, 0.2) is 10.5 Å². The summed E-state index contributed by atoms with van der Waals surface area (Å²) in [6.45, 7) is 0. The number of thiazole rings is 1. The fourth-order valence-electron chi connectivity index (χ4n) is 0.572. The number of anilines is 1. The highest BCUT2D eigenvalue weighted by Crippen LogP contribution is 2.11. The van der Waals surface area contributed by atoms with Crippen LogP contribution in [-0.4, -0.2) is 27.0 Å². The van der Waals surface area contributed by atoms with Crippen LogP contribution in [0.4, 0.5) is 5.82 Å². The summed E-state index contributed by atoms with van der Waals surface area (Å²) in [5, 5.41) is 20.9. The summed E-state index contributed by atoms with van der Waals surface area (Å²) in [5.74, 6) is -1.13. The number of hydrogen-bond acceptors (Lipinski definition) is 6. The van der Waals surface area contributed by atoms with Gasteiger partial charge in [0.05, 0.1) is 0 Å². The van der Waals surface area contributed by atoms with Crippen molar-refractivity contribution in [3.05, 3.63) is 10.4 Å². The lowest BCUT2D eigenvalue weighted by Crippen LogP contribution is -2.14. The average molecular weight is 187 g/mol. The zero-order chi connectivity index (χ0) is 9.14. The van der Waals surface area contributed by atoms with Gasteiger partial charge in [0.25, 0.3) is 0 Å². The van der Waals surface area contributed by atoms with E-state index in [1.165, 1.54) is 5.38 Å². The second kappa shape index (κ2) is 3.18. The summed E-state index contributed by atoms with van der Waals surface area (Å²) in [4.78, 5) is 14.0. The lowest BCUT2D eigenvalue weighted by molar-refractivity contribution is -0.129. The number of nitrogen functional groups attached to an aromatic ring is 1. The molecule has 1 rings (SSSR count). The molecule has 12 heavy (non-hydrogen) atoms. The van der Waals surface area contributed by atoms with Crippen LogP contribution >= 0.6 is 11.3 Å². The van der Waals surface area contributed by atoms with Gasteiger partial charge < -0.3 is 16.0 Å². The minimum absolute atomic E-state index is 0.0856. The Balaban J connectivity index is 3.04. The Hall–Kier alpha value is -1.63. The minimum atomic E-state index is -1.34. The Morgan fingerprint density at radius 2 is 2.42 bits per heavy atom. The van der Waals surface area contributed by atoms with E-state index in [1.54, 1.807) is 0 Å². The van der Waals surface area contributed by atoms with Crippen LogP contribution in [0.3, 0.4) is 0 Å². The van der Waals surface area contributed by atoms with Crippen LogP contribution in [0.5, 0.6) is 0 Å². The maximum absolute atomic E-state index is 10.4. The molecule has 1 aromatic rings. The van der Waals surface area contributed by atoms with E-state index >= 15 is 0 Å². The van der Waals surface area contributed by atoms with Crippen molar-refractivity contribution in [1.29, 1.82) is 0 Å². The number of oxime groups is 1. The Morgan fingerprint density at radius 1 is 1.75 bits per heavy atom. The first kappa shape index (κ1) is 8.47. The van der Waals surface area contributed by atoms with Crippen LogP contribution in [0.25, 0.3) is 0 Å². The molecule has 0 aliphatic carbocycles. The topological polar surface area (TPSA) is 109 Å². The van der Waals surface area contributed by atoms with Gasteiger partial charge in [-0.2, -0.15) is 0 Å². The third-order valence-corrected chi connectivity index (χ3v) is 1.89. The molecule has 0 amide bonds. The van der Waals surface area contributed by atoms with E-state index < -0.39 is 11.7 Å². The molecule has 0 spiro atoms. The molecule has 0 bridgehead atoms. The number of aliphatic carboxylic acids is 1. The van der Waals surface area contributed by atoms with Gasteiger partial charge in [0.2, 0.25) is 5.71 Å². The summed E-state index contributed by atoms with van der Waals surface area (Å²) in [6, 6.07) is 0. The van der Waals surface area contributed by atoms with E-state index in [-0.39, 0.29) is 10.8 Å². The van der Waals surface area contributed by atoms with Gasteiger partial charge in [-0.25, -0.2) is 9.78 Å². The fraction of sp³-hybridized carbons (Fsp3) is 0. The van der Waals surface area contributed by atoms with E-state index in [2.05, 4.69) is 10.1 Å². The predicted octanol–water partition coefficient (Wildman–Crippen LogP) is -0.0118. The largest absolute Gasteiger partial charge is 0.476 e. The van der Waals surface area contributed by atoms with Gasteiger partial charge in [0.1, 0.15) is 5.82 Å². The van der Waals surface area contributed by atoms with Gasteiger partial charge in [-0.1, -0.05) is 5.16 Å². The van der Waals surface area contributed by atoms with Crippen LogP contribution in [0.2, 0.25) is 0 Å². The summed E-state index contributed by atoms with van der Waals surface area (Å²) in [7, 11) is 0. The van der Waals surface area contributed by atoms with Gasteiger partial charge in [-0.05, 0) is 0 Å². The first-order valence-corrected chi connectivity index (χ1v) is 3.70. The maximum atomic E-state index is 10.4. The number of carboxylic acids is 1. The highest BCUT2D eigenvalue weighted by atomic mass is 32.1. The predicted molar refractivity (Wildman–Crippen MR) is 42.5 cm³/mol. The molecular weight excluding hydrogens is 182 g/mol. The van der Waals surface area contributed by atoms with Crippen molar-refractivity contribution in [2.45, 2.75) is 0 Å². The SMILES string of the molecule is Nc1csc(C(=NO)C(=O)O)n1. The van der Waals surface area contributed by atoms with Gasteiger partial charge >= 0.3 is 5.97 Å². The van der Waals surface area contributed by atoms with Crippen molar-refractivity contribution in [2.24, 2.45) is 5.16 Å². The molecule has 0 saturated heterocycles. The summed E-state index contributed by atoms with van der Waals surface area (Å²) in [6.07, 6.45) is 0. The molecule has 7 heteroatoms. The molecule has 0 unspecified atom stereocenters. The van der Waals surface area contributed by atoms with Gasteiger partial charge in [0.15, 0.2) is 5.01 Å². The quantitative estimate of drug-likeness (QED) is 0.342. The average Bonchev–Trinajstić information content (AvgIpc) is 2.37. The minimum Gasteiger partial charge on any atom is -0.476 e. The van der Waals surface area contributed by atoms with Crippen molar-refractivity contribution in [1.82, 2.24) is 4.98 Å². The zero-order valence-electron chi connectivity index (χ0n) is 5.76. The number of aromatic nitrogens is 1. The Kier molecular flexibility index (Phi) is 2.24. The van der Waals surface area contributed by atoms with Crippen LogP contribution in [0.1, 0.15) is 5.01 Å². The first-order chi connectivity index (χ1) is 5.65. The summed E-state index contributed by atoms with van der Waals surface area (Å²) < 4.78 is 0. The molecule has 0 aliphatic heterocycles. The monoisotopic (exact) mass is 187 g/mol. The lowest BCUT2D eigenvalue weighted by atomic mass is 10.4. The number of carboxylic acid groups (broad SMARTS) is 1. The molecule has 0 aliphatic rings. The van der Waals surface area contributed by atoms with Gasteiger partial charge in [-0.3, -0.25) is 0 Å². The molecule has 6 nitrogen and oxygen atoms in total. The van der Waals surface area contributed by atoms with Crippen molar-refractivity contribution >= 4 is 28.8 Å². The third-order valence-electron chi connectivity index (χ3n) is 1.03. The highest BCUT2D eigenvalue weighted by molar-refractivity contribution is 7.13. The number of carbonyl (C=O) groups is 1. The smallest absolute Gasteiger partial charge is 0.361 e. The Morgan fingerprint density at radius 3 is 2.75 bits per heavy atom. The molecule has 0 radical (unpaired) electrons. The molecule has 0 atom stereocenters. The standard InChI is InChI=1S/C5H5N3O3S/c6-2-1-12-4(7-2)3(8-11)5(9)10/h1,11H,6H2,(H,9,10). The molecule has 1 aromatic heterocycles. The summed E-state index contributed by atoms with van der Waals surface area (Å²) in [5.41, 5.74) is 4.74. The Bertz CT molecular complexity index is 332. The Labute approximate surface area is 71.0 Å². The zero-order valence-corrected chi connectivity index (χ0v) is 6.58. The number of hydrogen-bond donors (Lipinski definition) is 3. The fourth-order valence-corrected chi connectivity index (χ4v) is 1.25.